The average molecular weight is 439 g/mol. The van der Waals surface area contributed by atoms with Crippen molar-refractivity contribution in [3.8, 4) is 0 Å². The number of alkyl halides is 3. The van der Waals surface area contributed by atoms with Crippen LogP contribution in [0.4, 0.5) is 13.2 Å². The van der Waals surface area contributed by atoms with Crippen LogP contribution in [0.15, 0.2) is 42.5 Å². The third-order valence-electron chi connectivity index (χ3n) is 5.24. The first kappa shape index (κ1) is 20.2. The topological polar surface area (TPSA) is 32.3 Å². The number of nitrogens with one attached hydrogen (secondary N) is 1. The van der Waals surface area contributed by atoms with Gasteiger partial charge in [0.25, 0.3) is 5.91 Å². The Balaban J connectivity index is 1.46. The number of benzene rings is 2. The molecule has 2 heterocycles. The van der Waals surface area contributed by atoms with E-state index in [-0.39, 0.29) is 11.9 Å². The molecule has 1 N–H and O–H groups in total. The molecule has 0 unspecified atom stereocenters. The summed E-state index contributed by atoms with van der Waals surface area (Å²) >= 11 is 7.16. The standard InChI is InChI=1S/C21H18ClF3N2OS/c1-27-11-13-3-5-16(22)6-14(13)7-17(27)10-26-20(28)19-8-12-2-4-15(21(23,24)25)9-18(12)29-19/h2-6,8-9,17H,7,10-11H2,1H3,(H,26,28)/t17-/m1/s1. The molecule has 1 amide bonds. The number of carbonyl (C=O) groups is 1. The molecule has 0 fully saturated rings. The molecule has 1 aliphatic rings. The number of thiophene rings is 1. The fourth-order valence-corrected chi connectivity index (χ4v) is 4.80. The molecule has 2 aromatic carbocycles. The Hall–Kier alpha value is -2.09. The number of rotatable bonds is 3. The van der Waals surface area contributed by atoms with E-state index in [2.05, 4.69) is 10.2 Å². The predicted molar refractivity (Wildman–Crippen MR) is 110 cm³/mol. The molecule has 1 aromatic heterocycles. The fourth-order valence-electron chi connectivity index (χ4n) is 3.59. The summed E-state index contributed by atoms with van der Waals surface area (Å²) in [7, 11) is 2.01. The number of hydrogen-bond donors (Lipinski definition) is 1. The summed E-state index contributed by atoms with van der Waals surface area (Å²) < 4.78 is 39.1. The number of fused-ring (bicyclic) bond motifs is 2. The van der Waals surface area contributed by atoms with E-state index in [9.17, 15) is 18.0 Å². The molecular formula is C21H18ClF3N2OS. The first-order chi connectivity index (χ1) is 13.7. The Kier molecular flexibility index (Phi) is 5.31. The van der Waals surface area contributed by atoms with E-state index in [4.69, 9.17) is 11.6 Å². The zero-order valence-corrected chi connectivity index (χ0v) is 17.1. The molecule has 0 spiro atoms. The van der Waals surface area contributed by atoms with E-state index in [1.54, 1.807) is 6.07 Å². The van der Waals surface area contributed by atoms with Crippen LogP contribution in [0.2, 0.25) is 5.02 Å². The van der Waals surface area contributed by atoms with Crippen molar-refractivity contribution in [2.24, 2.45) is 0 Å². The van der Waals surface area contributed by atoms with Gasteiger partial charge in [0, 0.05) is 28.9 Å². The first-order valence-electron chi connectivity index (χ1n) is 9.07. The third-order valence-corrected chi connectivity index (χ3v) is 6.57. The van der Waals surface area contributed by atoms with Crippen LogP contribution >= 0.6 is 22.9 Å². The van der Waals surface area contributed by atoms with Gasteiger partial charge in [-0.1, -0.05) is 23.7 Å². The van der Waals surface area contributed by atoms with Gasteiger partial charge in [-0.25, -0.2) is 0 Å². The predicted octanol–water partition coefficient (Wildman–Crippen LogP) is 5.36. The van der Waals surface area contributed by atoms with Crippen LogP contribution in [0.1, 0.15) is 26.4 Å². The maximum absolute atomic E-state index is 12.9. The van der Waals surface area contributed by atoms with Crippen LogP contribution in [0.3, 0.4) is 0 Å². The van der Waals surface area contributed by atoms with E-state index in [1.165, 1.54) is 17.2 Å². The van der Waals surface area contributed by atoms with E-state index < -0.39 is 11.7 Å². The van der Waals surface area contributed by atoms with Crippen LogP contribution in [-0.4, -0.2) is 30.4 Å². The highest BCUT2D eigenvalue weighted by Gasteiger charge is 2.31. The normalized spacial score (nSPS) is 17.3. The quantitative estimate of drug-likeness (QED) is 0.597. The molecule has 3 nitrogen and oxygen atoms in total. The van der Waals surface area contributed by atoms with E-state index >= 15 is 0 Å². The van der Waals surface area contributed by atoms with Crippen LogP contribution in [0, 0.1) is 0 Å². The largest absolute Gasteiger partial charge is 0.416 e. The Bertz CT molecular complexity index is 1080. The highest BCUT2D eigenvalue weighted by Crippen LogP contribution is 2.34. The molecule has 29 heavy (non-hydrogen) atoms. The lowest BCUT2D eigenvalue weighted by Crippen LogP contribution is -2.45. The van der Waals surface area contributed by atoms with E-state index in [0.717, 1.165) is 36.4 Å². The van der Waals surface area contributed by atoms with Crippen molar-refractivity contribution >= 4 is 38.9 Å². The summed E-state index contributed by atoms with van der Waals surface area (Å²) in [6.07, 6.45) is -3.63. The molecule has 0 radical (unpaired) electrons. The van der Waals surface area contributed by atoms with Gasteiger partial charge in [-0.3, -0.25) is 9.69 Å². The molecule has 0 aliphatic carbocycles. The molecule has 152 valence electrons. The number of carbonyl (C=O) groups excluding carboxylic acids is 1. The maximum Gasteiger partial charge on any atom is 0.416 e. The van der Waals surface area contributed by atoms with Gasteiger partial charge in [0.15, 0.2) is 0 Å². The molecule has 1 aliphatic heterocycles. The Labute approximate surface area is 175 Å². The Morgan fingerprint density at radius 2 is 2.00 bits per heavy atom. The van der Waals surface area contributed by atoms with Crippen LogP contribution < -0.4 is 5.32 Å². The molecule has 3 aromatic rings. The van der Waals surface area contributed by atoms with Gasteiger partial charge >= 0.3 is 6.18 Å². The molecule has 0 saturated heterocycles. The van der Waals surface area contributed by atoms with Crippen LogP contribution in [-0.2, 0) is 19.1 Å². The van der Waals surface area contributed by atoms with Crippen molar-refractivity contribution < 1.29 is 18.0 Å². The summed E-state index contributed by atoms with van der Waals surface area (Å²) in [5, 5.41) is 4.25. The van der Waals surface area contributed by atoms with Crippen LogP contribution in [0.5, 0.6) is 0 Å². The first-order valence-corrected chi connectivity index (χ1v) is 10.3. The zero-order valence-electron chi connectivity index (χ0n) is 15.5. The number of hydrogen-bond acceptors (Lipinski definition) is 3. The monoisotopic (exact) mass is 438 g/mol. The van der Waals surface area contributed by atoms with Crippen molar-refractivity contribution in [3.63, 3.8) is 0 Å². The number of nitrogens with zero attached hydrogens (tertiary/aromatic N) is 1. The molecule has 4 rings (SSSR count). The summed E-state index contributed by atoms with van der Waals surface area (Å²) in [4.78, 5) is 15.2. The van der Waals surface area contributed by atoms with E-state index in [1.807, 2.05) is 25.2 Å². The van der Waals surface area contributed by atoms with Crippen molar-refractivity contribution in [2.75, 3.05) is 13.6 Å². The van der Waals surface area contributed by atoms with E-state index in [0.29, 0.717) is 26.5 Å². The van der Waals surface area contributed by atoms with Crippen molar-refractivity contribution in [3.05, 3.63) is 69.1 Å². The zero-order chi connectivity index (χ0) is 20.8. The second kappa shape index (κ2) is 7.63. The number of amides is 1. The fraction of sp³-hybridized carbons (Fsp3) is 0.286. The Morgan fingerprint density at radius 3 is 2.76 bits per heavy atom. The highest BCUT2D eigenvalue weighted by atomic mass is 35.5. The third kappa shape index (κ3) is 4.27. The molecule has 0 saturated carbocycles. The van der Waals surface area contributed by atoms with Gasteiger partial charge in [-0.15, -0.1) is 11.3 Å². The molecular weight excluding hydrogens is 421 g/mol. The minimum absolute atomic E-state index is 0.121. The number of halogens is 4. The summed E-state index contributed by atoms with van der Waals surface area (Å²) in [5.41, 5.74) is 1.70. The van der Waals surface area contributed by atoms with Crippen molar-refractivity contribution in [1.29, 1.82) is 0 Å². The lowest BCUT2D eigenvalue weighted by molar-refractivity contribution is -0.137. The highest BCUT2D eigenvalue weighted by molar-refractivity contribution is 7.20. The summed E-state index contributed by atoms with van der Waals surface area (Å²) in [6.45, 7) is 1.22. The minimum Gasteiger partial charge on any atom is -0.350 e. The van der Waals surface area contributed by atoms with Gasteiger partial charge in [-0.2, -0.15) is 13.2 Å². The van der Waals surface area contributed by atoms with Crippen molar-refractivity contribution in [1.82, 2.24) is 10.2 Å². The Morgan fingerprint density at radius 1 is 1.21 bits per heavy atom. The van der Waals surface area contributed by atoms with Gasteiger partial charge < -0.3 is 5.32 Å². The average Bonchev–Trinajstić information content (AvgIpc) is 3.09. The maximum atomic E-state index is 12.9. The lowest BCUT2D eigenvalue weighted by atomic mass is 9.94. The lowest BCUT2D eigenvalue weighted by Gasteiger charge is -2.34. The molecule has 1 atom stereocenters. The van der Waals surface area contributed by atoms with Gasteiger partial charge in [-0.05, 0) is 60.3 Å². The van der Waals surface area contributed by atoms with Gasteiger partial charge in [0.1, 0.15) is 0 Å². The molecule has 0 bridgehead atoms. The van der Waals surface area contributed by atoms with Crippen LogP contribution in [0.25, 0.3) is 10.1 Å². The summed E-state index contributed by atoms with van der Waals surface area (Å²) in [6, 6.07) is 11.1. The summed E-state index contributed by atoms with van der Waals surface area (Å²) in [5.74, 6) is -0.273. The smallest absolute Gasteiger partial charge is 0.350 e. The SMILES string of the molecule is CN1Cc2ccc(Cl)cc2C[C@@H]1CNC(=O)c1cc2ccc(C(F)(F)F)cc2s1. The second-order valence-corrected chi connectivity index (χ2v) is 8.78. The number of likely N-dealkylation sites (N-methyl/N-ethyl adjacent to an activating group) is 1. The van der Waals surface area contributed by atoms with Gasteiger partial charge in [0.2, 0.25) is 0 Å². The minimum atomic E-state index is -4.40. The van der Waals surface area contributed by atoms with Gasteiger partial charge in [0.05, 0.1) is 10.4 Å². The van der Waals surface area contributed by atoms with Crippen molar-refractivity contribution in [2.45, 2.75) is 25.2 Å². The second-order valence-electron chi connectivity index (χ2n) is 7.26. The molecule has 8 heteroatoms.